The molecule has 3 aromatic rings. The molecule has 5 atom stereocenters. The lowest BCUT2D eigenvalue weighted by molar-refractivity contribution is -0.210. The molecule has 0 saturated carbocycles. The number of esters is 1. The van der Waals surface area contributed by atoms with Crippen LogP contribution in [-0.4, -0.2) is 40.9 Å². The summed E-state index contributed by atoms with van der Waals surface area (Å²) in [5.74, 6) is -0.499. The molecule has 6 heteroatoms. The van der Waals surface area contributed by atoms with Crippen molar-refractivity contribution in [1.29, 1.82) is 0 Å². The van der Waals surface area contributed by atoms with Gasteiger partial charge in [-0.3, -0.25) is 0 Å². The average molecular weight is 465 g/mol. The lowest BCUT2D eigenvalue weighted by Crippen LogP contribution is -2.57. The highest BCUT2D eigenvalue weighted by atomic mass is 32.2. The fraction of sp³-hybridized carbons (Fsp3) is 0.296. The van der Waals surface area contributed by atoms with Crippen molar-refractivity contribution in [2.24, 2.45) is 0 Å². The molecule has 3 aromatic carbocycles. The number of aliphatic hydroxyl groups excluding tert-OH is 1. The summed E-state index contributed by atoms with van der Waals surface area (Å²) in [7, 11) is 0. The largest absolute Gasteiger partial charge is 0.453 e. The van der Waals surface area contributed by atoms with Crippen LogP contribution in [0.4, 0.5) is 0 Å². The third kappa shape index (κ3) is 6.03. The molecule has 1 aliphatic heterocycles. The summed E-state index contributed by atoms with van der Waals surface area (Å²) in [6.07, 6.45) is -3.10. The highest BCUT2D eigenvalue weighted by Crippen LogP contribution is 2.36. The van der Waals surface area contributed by atoms with Gasteiger partial charge in [-0.15, -0.1) is 0 Å². The van der Waals surface area contributed by atoms with Crippen LogP contribution in [0.5, 0.6) is 0 Å². The smallest absolute Gasteiger partial charge is 0.338 e. The third-order valence-electron chi connectivity index (χ3n) is 5.56. The van der Waals surface area contributed by atoms with E-state index in [9.17, 15) is 9.90 Å². The zero-order chi connectivity index (χ0) is 23.2. The molecular weight excluding hydrogens is 436 g/mol. The summed E-state index contributed by atoms with van der Waals surface area (Å²) in [5, 5.41) is 11.3. The van der Waals surface area contributed by atoms with Crippen molar-refractivity contribution in [2.45, 2.75) is 55.2 Å². The number of benzene rings is 3. The number of thioether (sulfide) groups is 1. The molecule has 0 bridgehead atoms. The average Bonchev–Trinajstić information content (AvgIpc) is 2.84. The van der Waals surface area contributed by atoms with Crippen molar-refractivity contribution < 1.29 is 24.1 Å². The van der Waals surface area contributed by atoms with Crippen LogP contribution in [0.2, 0.25) is 0 Å². The van der Waals surface area contributed by atoms with Crippen LogP contribution in [0.3, 0.4) is 0 Å². The maximum absolute atomic E-state index is 12.7. The van der Waals surface area contributed by atoms with E-state index in [0.29, 0.717) is 12.2 Å². The second-order valence-corrected chi connectivity index (χ2v) is 9.30. The Hall–Kier alpha value is -2.64. The van der Waals surface area contributed by atoms with Gasteiger partial charge < -0.3 is 19.3 Å². The molecule has 33 heavy (non-hydrogen) atoms. The molecule has 0 aliphatic carbocycles. The minimum Gasteiger partial charge on any atom is -0.453 e. The number of hydrogen-bond acceptors (Lipinski definition) is 6. The normalized spacial score (nSPS) is 24.9. The molecule has 5 nitrogen and oxygen atoms in total. The van der Waals surface area contributed by atoms with Crippen molar-refractivity contribution in [3.63, 3.8) is 0 Å². The highest BCUT2D eigenvalue weighted by molar-refractivity contribution is 7.99. The van der Waals surface area contributed by atoms with Crippen LogP contribution >= 0.6 is 11.8 Å². The van der Waals surface area contributed by atoms with E-state index in [1.807, 2.05) is 74.5 Å². The molecular formula is C27H28O5S. The Balaban J connectivity index is 1.52. The molecule has 0 spiro atoms. The second kappa shape index (κ2) is 11.0. The Bertz CT molecular complexity index is 1030. The monoisotopic (exact) mass is 464 g/mol. The first kappa shape index (κ1) is 23.5. The first-order valence-electron chi connectivity index (χ1n) is 11.0. The summed E-state index contributed by atoms with van der Waals surface area (Å²) < 4.78 is 18.1. The fourth-order valence-corrected chi connectivity index (χ4v) is 4.88. The van der Waals surface area contributed by atoms with E-state index in [-0.39, 0.29) is 0 Å². The molecule has 1 heterocycles. The number of hydrogen-bond donors (Lipinski definition) is 1. The van der Waals surface area contributed by atoms with Gasteiger partial charge in [0, 0.05) is 4.90 Å². The highest BCUT2D eigenvalue weighted by Gasteiger charge is 2.46. The van der Waals surface area contributed by atoms with E-state index in [1.54, 1.807) is 24.3 Å². The number of ether oxygens (including phenoxy) is 3. The molecule has 1 N–H and O–H groups in total. The Morgan fingerprint density at radius 1 is 0.939 bits per heavy atom. The summed E-state index contributed by atoms with van der Waals surface area (Å²) in [4.78, 5) is 13.7. The topological polar surface area (TPSA) is 65.0 Å². The van der Waals surface area contributed by atoms with Gasteiger partial charge >= 0.3 is 5.97 Å². The van der Waals surface area contributed by atoms with Crippen LogP contribution in [-0.2, 0) is 20.8 Å². The van der Waals surface area contributed by atoms with Gasteiger partial charge in [0.25, 0.3) is 0 Å². The van der Waals surface area contributed by atoms with E-state index >= 15 is 0 Å². The molecule has 0 amide bonds. The zero-order valence-corrected chi connectivity index (χ0v) is 19.5. The molecule has 0 unspecified atom stereocenters. The summed E-state index contributed by atoms with van der Waals surface area (Å²) in [5.41, 5.74) is 2.12. The first-order chi connectivity index (χ1) is 16.0. The van der Waals surface area contributed by atoms with Gasteiger partial charge in [0.2, 0.25) is 0 Å². The molecule has 0 radical (unpaired) electrons. The maximum Gasteiger partial charge on any atom is 0.338 e. The number of rotatable bonds is 7. The number of aliphatic hydroxyl groups is 1. The van der Waals surface area contributed by atoms with E-state index in [4.69, 9.17) is 14.2 Å². The van der Waals surface area contributed by atoms with E-state index in [1.165, 1.54) is 17.3 Å². The van der Waals surface area contributed by atoms with Gasteiger partial charge in [0.1, 0.15) is 17.6 Å². The van der Waals surface area contributed by atoms with Crippen LogP contribution in [0.15, 0.2) is 89.8 Å². The zero-order valence-electron chi connectivity index (χ0n) is 18.7. The van der Waals surface area contributed by atoms with Crippen molar-refractivity contribution in [3.8, 4) is 0 Å². The van der Waals surface area contributed by atoms with Crippen molar-refractivity contribution in [1.82, 2.24) is 0 Å². The molecule has 1 saturated heterocycles. The second-order valence-electron chi connectivity index (χ2n) is 8.13. The van der Waals surface area contributed by atoms with Crippen molar-refractivity contribution in [2.75, 3.05) is 0 Å². The van der Waals surface area contributed by atoms with Gasteiger partial charge in [-0.05, 0) is 43.7 Å². The summed E-state index contributed by atoms with van der Waals surface area (Å²) >= 11 is 1.49. The minimum atomic E-state index is -1.05. The van der Waals surface area contributed by atoms with Gasteiger partial charge in [0.15, 0.2) is 6.10 Å². The molecule has 4 rings (SSSR count). The van der Waals surface area contributed by atoms with Gasteiger partial charge in [-0.2, -0.15) is 0 Å². The van der Waals surface area contributed by atoms with Gasteiger partial charge in [-0.25, -0.2) is 4.79 Å². The molecule has 1 fully saturated rings. The maximum atomic E-state index is 12.7. The number of carbonyl (C=O) groups excluding carboxylic acids is 1. The Labute approximate surface area is 198 Å². The Morgan fingerprint density at radius 2 is 1.58 bits per heavy atom. The molecule has 172 valence electrons. The first-order valence-corrected chi connectivity index (χ1v) is 11.9. The Kier molecular flexibility index (Phi) is 7.83. The summed E-state index contributed by atoms with van der Waals surface area (Å²) in [6.45, 7) is 4.15. The Morgan fingerprint density at radius 3 is 2.24 bits per heavy atom. The van der Waals surface area contributed by atoms with E-state index < -0.39 is 35.8 Å². The van der Waals surface area contributed by atoms with Crippen molar-refractivity contribution >= 4 is 17.7 Å². The van der Waals surface area contributed by atoms with Crippen LogP contribution in [0, 0.1) is 6.92 Å². The van der Waals surface area contributed by atoms with Gasteiger partial charge in [0.05, 0.1) is 18.3 Å². The number of aryl methyl sites for hydroxylation is 1. The van der Waals surface area contributed by atoms with E-state index in [2.05, 4.69) is 0 Å². The standard InChI is InChI=1S/C27H28O5S/c1-18-13-15-22(16-14-18)33-27-25(30-17-20-9-5-3-6-10-20)23(28)24(19(2)31-27)32-26(29)21-11-7-4-8-12-21/h3-16,19,23-25,27-28H,17H2,1-2H3/t19-,23+,24+,25-,27+/m0/s1. The van der Waals surface area contributed by atoms with Crippen molar-refractivity contribution in [3.05, 3.63) is 102 Å². The fourth-order valence-electron chi connectivity index (χ4n) is 3.71. The lowest BCUT2D eigenvalue weighted by atomic mass is 10.00. The summed E-state index contributed by atoms with van der Waals surface area (Å²) in [6, 6.07) is 26.6. The third-order valence-corrected chi connectivity index (χ3v) is 6.72. The van der Waals surface area contributed by atoms with Crippen LogP contribution in [0.1, 0.15) is 28.4 Å². The predicted molar refractivity (Wildman–Crippen MR) is 128 cm³/mol. The SMILES string of the molecule is Cc1ccc(S[C@H]2O[C@@H](C)[C@@H](OC(=O)c3ccccc3)[C@@H](O)[C@@H]2OCc2ccccc2)cc1. The number of carbonyl (C=O) groups is 1. The molecule has 0 aromatic heterocycles. The van der Waals surface area contributed by atoms with E-state index in [0.717, 1.165) is 10.5 Å². The van der Waals surface area contributed by atoms with Gasteiger partial charge in [-0.1, -0.05) is 78.0 Å². The predicted octanol–water partition coefficient (Wildman–Crippen LogP) is 5.00. The van der Waals surface area contributed by atoms with Crippen LogP contribution in [0.25, 0.3) is 0 Å². The van der Waals surface area contributed by atoms with Crippen LogP contribution < -0.4 is 0 Å². The molecule has 1 aliphatic rings. The minimum absolute atomic E-state index is 0.310. The lowest BCUT2D eigenvalue weighted by Gasteiger charge is -2.42. The quantitative estimate of drug-likeness (QED) is 0.496.